The van der Waals surface area contributed by atoms with Crippen LogP contribution in [0.15, 0.2) is 60.7 Å². The van der Waals surface area contributed by atoms with Crippen LogP contribution in [0.5, 0.6) is 0 Å². The number of amides is 1. The molecule has 1 saturated carbocycles. The van der Waals surface area contributed by atoms with E-state index in [0.29, 0.717) is 5.82 Å². The van der Waals surface area contributed by atoms with E-state index >= 15 is 0 Å². The van der Waals surface area contributed by atoms with Gasteiger partial charge in [0.05, 0.1) is 12.1 Å². The van der Waals surface area contributed by atoms with Gasteiger partial charge in [-0.2, -0.15) is 4.80 Å². The van der Waals surface area contributed by atoms with Crippen LogP contribution in [-0.2, 0) is 4.79 Å². The maximum absolute atomic E-state index is 12.8. The minimum Gasteiger partial charge on any atom is -0.352 e. The van der Waals surface area contributed by atoms with Crippen LogP contribution in [0.25, 0.3) is 11.4 Å². The summed E-state index contributed by atoms with van der Waals surface area (Å²) >= 11 is 0. The van der Waals surface area contributed by atoms with Crippen molar-refractivity contribution in [3.8, 4) is 11.4 Å². The third-order valence-electron chi connectivity index (χ3n) is 6.49. The second-order valence-electron chi connectivity index (χ2n) is 8.57. The van der Waals surface area contributed by atoms with Gasteiger partial charge in [0.15, 0.2) is 0 Å². The van der Waals surface area contributed by atoms with E-state index in [1.54, 1.807) is 4.80 Å². The maximum atomic E-state index is 12.8. The molecule has 2 aromatic carbocycles. The van der Waals surface area contributed by atoms with Crippen molar-refractivity contribution in [1.29, 1.82) is 0 Å². The first kappa shape index (κ1) is 19.9. The molecule has 0 unspecified atom stereocenters. The molecule has 1 aliphatic carbocycles. The average Bonchev–Trinajstić information content (AvgIpc) is 3.51. The van der Waals surface area contributed by atoms with Gasteiger partial charge in [-0.15, -0.1) is 10.2 Å². The first-order chi connectivity index (χ1) is 15.3. The highest BCUT2D eigenvalue weighted by molar-refractivity contribution is 5.82. The van der Waals surface area contributed by atoms with Gasteiger partial charge >= 0.3 is 0 Å². The molecule has 0 bridgehead atoms. The van der Waals surface area contributed by atoms with Gasteiger partial charge < -0.3 is 5.32 Å². The molecule has 2 aliphatic rings. The standard InChI is InChI=1S/C24H28N6O/c31-24(22-16-15-21(26-22)17-7-3-1-4-8-17)25-19-11-13-20(14-12-19)30-28-23(27-29-30)18-9-5-2-6-10-18/h1-10,19-22,26H,11-16H2,(H,25,31)/t19?,20?,21-,22-/m1/s1. The van der Waals surface area contributed by atoms with E-state index in [9.17, 15) is 4.79 Å². The van der Waals surface area contributed by atoms with Gasteiger partial charge in [-0.25, -0.2) is 0 Å². The van der Waals surface area contributed by atoms with E-state index in [2.05, 4.69) is 50.3 Å². The fourth-order valence-electron chi connectivity index (χ4n) is 4.73. The summed E-state index contributed by atoms with van der Waals surface area (Å²) in [5.41, 5.74) is 2.24. The third kappa shape index (κ3) is 4.51. The van der Waals surface area contributed by atoms with Crippen molar-refractivity contribution in [3.05, 3.63) is 66.2 Å². The van der Waals surface area contributed by atoms with Gasteiger partial charge in [0.25, 0.3) is 0 Å². The Hall–Kier alpha value is -3.06. The van der Waals surface area contributed by atoms with Crippen molar-refractivity contribution in [2.75, 3.05) is 0 Å². The number of carbonyl (C=O) groups excluding carboxylic acids is 1. The molecule has 7 heteroatoms. The summed E-state index contributed by atoms with van der Waals surface area (Å²) in [6.07, 6.45) is 5.64. The molecule has 2 N–H and O–H groups in total. The first-order valence-electron chi connectivity index (χ1n) is 11.2. The maximum Gasteiger partial charge on any atom is 0.237 e. The fraction of sp³-hybridized carbons (Fsp3) is 0.417. The van der Waals surface area contributed by atoms with Crippen molar-refractivity contribution in [2.24, 2.45) is 0 Å². The number of nitrogens with one attached hydrogen (secondary N) is 2. The number of nitrogens with zero attached hydrogens (tertiary/aromatic N) is 4. The summed E-state index contributed by atoms with van der Waals surface area (Å²) in [6, 6.07) is 20.9. The Morgan fingerprint density at radius 2 is 1.61 bits per heavy atom. The van der Waals surface area contributed by atoms with Gasteiger partial charge in [0.2, 0.25) is 11.7 Å². The smallest absolute Gasteiger partial charge is 0.237 e. The molecule has 0 spiro atoms. The Kier molecular flexibility index (Phi) is 5.76. The molecule has 2 heterocycles. The number of hydrogen-bond acceptors (Lipinski definition) is 5. The molecule has 31 heavy (non-hydrogen) atoms. The molecule has 1 aromatic heterocycles. The highest BCUT2D eigenvalue weighted by Crippen LogP contribution is 2.29. The molecule has 160 valence electrons. The van der Waals surface area contributed by atoms with E-state index < -0.39 is 0 Å². The normalized spacial score (nSPS) is 25.9. The molecule has 1 amide bonds. The molecule has 2 fully saturated rings. The highest BCUT2D eigenvalue weighted by Gasteiger charge is 2.32. The monoisotopic (exact) mass is 416 g/mol. The van der Waals surface area contributed by atoms with Crippen LogP contribution in [0.2, 0.25) is 0 Å². The zero-order chi connectivity index (χ0) is 21.0. The molecule has 1 aliphatic heterocycles. The molecule has 1 saturated heterocycles. The lowest BCUT2D eigenvalue weighted by Crippen LogP contribution is -2.46. The van der Waals surface area contributed by atoms with Crippen molar-refractivity contribution >= 4 is 5.91 Å². The molecule has 3 aromatic rings. The zero-order valence-electron chi connectivity index (χ0n) is 17.5. The number of carbonyl (C=O) groups is 1. The summed E-state index contributed by atoms with van der Waals surface area (Å²) in [5, 5.41) is 19.9. The van der Waals surface area contributed by atoms with E-state index in [1.807, 2.05) is 36.4 Å². The lowest BCUT2D eigenvalue weighted by atomic mass is 9.91. The summed E-state index contributed by atoms with van der Waals surface area (Å²) in [5.74, 6) is 0.795. The molecular weight excluding hydrogens is 388 g/mol. The van der Waals surface area contributed by atoms with Gasteiger partial charge in [0.1, 0.15) is 0 Å². The fourth-order valence-corrected chi connectivity index (χ4v) is 4.73. The topological polar surface area (TPSA) is 84.7 Å². The Labute approximate surface area is 182 Å². The Morgan fingerprint density at radius 1 is 0.903 bits per heavy atom. The number of hydrogen-bond donors (Lipinski definition) is 2. The Bertz CT molecular complexity index is 997. The van der Waals surface area contributed by atoms with Crippen molar-refractivity contribution in [2.45, 2.75) is 62.7 Å². The van der Waals surface area contributed by atoms with Crippen LogP contribution >= 0.6 is 0 Å². The predicted molar refractivity (Wildman–Crippen MR) is 118 cm³/mol. The quantitative estimate of drug-likeness (QED) is 0.666. The van der Waals surface area contributed by atoms with Crippen LogP contribution < -0.4 is 10.6 Å². The third-order valence-corrected chi connectivity index (χ3v) is 6.49. The van der Waals surface area contributed by atoms with Gasteiger partial charge in [-0.05, 0) is 49.3 Å². The number of tetrazole rings is 1. The van der Waals surface area contributed by atoms with Crippen molar-refractivity contribution in [3.63, 3.8) is 0 Å². The Morgan fingerprint density at radius 3 is 2.35 bits per heavy atom. The average molecular weight is 417 g/mol. The molecular formula is C24H28N6O. The number of rotatable bonds is 5. The first-order valence-corrected chi connectivity index (χ1v) is 11.2. The number of benzene rings is 2. The minimum atomic E-state index is -0.103. The summed E-state index contributed by atoms with van der Waals surface area (Å²) in [7, 11) is 0. The lowest BCUT2D eigenvalue weighted by Gasteiger charge is -2.29. The lowest BCUT2D eigenvalue weighted by molar-refractivity contribution is -0.123. The van der Waals surface area contributed by atoms with E-state index in [4.69, 9.17) is 0 Å². The highest BCUT2D eigenvalue weighted by atomic mass is 16.2. The van der Waals surface area contributed by atoms with Crippen LogP contribution in [0.1, 0.15) is 56.2 Å². The molecule has 2 atom stereocenters. The zero-order valence-corrected chi connectivity index (χ0v) is 17.5. The van der Waals surface area contributed by atoms with Crippen LogP contribution in [0.3, 0.4) is 0 Å². The van der Waals surface area contributed by atoms with Crippen molar-refractivity contribution in [1.82, 2.24) is 30.8 Å². The SMILES string of the molecule is O=C(NC1CCC(n2nnc(-c3ccccc3)n2)CC1)[C@H]1CC[C@H](c2ccccc2)N1. The van der Waals surface area contributed by atoms with Gasteiger partial charge in [0, 0.05) is 17.6 Å². The van der Waals surface area contributed by atoms with Crippen molar-refractivity contribution < 1.29 is 4.79 Å². The summed E-state index contributed by atoms with van der Waals surface area (Å²) < 4.78 is 0. The second-order valence-corrected chi connectivity index (χ2v) is 8.57. The van der Waals surface area contributed by atoms with E-state index in [-0.39, 0.29) is 30.1 Å². The molecule has 5 rings (SSSR count). The summed E-state index contributed by atoms with van der Waals surface area (Å²) in [4.78, 5) is 14.5. The van der Waals surface area contributed by atoms with Crippen LogP contribution in [-0.4, -0.2) is 38.2 Å². The van der Waals surface area contributed by atoms with Gasteiger partial charge in [-0.3, -0.25) is 10.1 Å². The second kappa shape index (κ2) is 8.98. The summed E-state index contributed by atoms with van der Waals surface area (Å²) in [6.45, 7) is 0. The Balaban J connectivity index is 1.11. The van der Waals surface area contributed by atoms with Crippen LogP contribution in [0, 0.1) is 0 Å². The number of aromatic nitrogens is 4. The molecule has 0 radical (unpaired) electrons. The van der Waals surface area contributed by atoms with Crippen LogP contribution in [0.4, 0.5) is 0 Å². The van der Waals surface area contributed by atoms with E-state index in [1.165, 1.54) is 5.56 Å². The minimum absolute atomic E-state index is 0.103. The molecule has 7 nitrogen and oxygen atoms in total. The van der Waals surface area contributed by atoms with E-state index in [0.717, 1.165) is 44.1 Å². The predicted octanol–water partition coefficient (Wildman–Crippen LogP) is 3.43. The largest absolute Gasteiger partial charge is 0.352 e. The van der Waals surface area contributed by atoms with Gasteiger partial charge in [-0.1, -0.05) is 60.7 Å².